The monoisotopic (exact) mass is 165 g/mol. The van der Waals surface area contributed by atoms with Crippen LogP contribution in [0.3, 0.4) is 0 Å². The molecule has 0 amide bonds. The summed E-state index contributed by atoms with van der Waals surface area (Å²) < 4.78 is 25.3. The second-order valence-corrected chi connectivity index (χ2v) is 2.33. The summed E-state index contributed by atoms with van der Waals surface area (Å²) in [5.74, 6) is 0. The van der Waals surface area contributed by atoms with Crippen molar-refractivity contribution in [1.82, 2.24) is 4.57 Å². The third-order valence-electron chi connectivity index (χ3n) is 1.26. The van der Waals surface area contributed by atoms with Crippen molar-refractivity contribution in [2.24, 2.45) is 7.05 Å². The Morgan fingerprint density at radius 3 is 2.40 bits per heavy atom. The van der Waals surface area contributed by atoms with Gasteiger partial charge in [-0.1, -0.05) is 11.6 Å². The number of hydrogen-bond acceptors (Lipinski definition) is 0. The van der Waals surface area contributed by atoms with E-state index < -0.39 is 6.43 Å². The molecule has 1 heterocycles. The molecule has 0 aliphatic rings. The second kappa shape index (κ2) is 2.58. The smallest absolute Gasteiger partial charge is 0.266 e. The lowest BCUT2D eigenvalue weighted by Gasteiger charge is -1.96. The van der Waals surface area contributed by atoms with E-state index in [-0.39, 0.29) is 10.7 Å². The average molecular weight is 166 g/mol. The highest BCUT2D eigenvalue weighted by Gasteiger charge is 2.13. The molecule has 0 fully saturated rings. The Bertz CT molecular complexity index is 232. The zero-order chi connectivity index (χ0) is 7.72. The topological polar surface area (TPSA) is 4.93 Å². The van der Waals surface area contributed by atoms with Gasteiger partial charge in [0.05, 0.1) is 5.56 Å². The summed E-state index contributed by atoms with van der Waals surface area (Å²) in [6, 6.07) is 1.31. The largest absolute Gasteiger partial charge is 0.341 e. The Balaban J connectivity index is 3.05. The molecular weight excluding hydrogens is 160 g/mol. The number of alkyl halides is 2. The predicted molar refractivity (Wildman–Crippen MR) is 35.4 cm³/mol. The maximum atomic E-state index is 11.9. The third kappa shape index (κ3) is 1.14. The lowest BCUT2D eigenvalue weighted by atomic mass is 10.4. The van der Waals surface area contributed by atoms with Crippen LogP contribution in [0.15, 0.2) is 12.3 Å². The molecule has 0 bridgehead atoms. The van der Waals surface area contributed by atoms with E-state index in [0.29, 0.717) is 0 Å². The number of aryl methyl sites for hydroxylation is 1. The summed E-state index contributed by atoms with van der Waals surface area (Å²) in [4.78, 5) is 0. The van der Waals surface area contributed by atoms with Crippen molar-refractivity contribution in [1.29, 1.82) is 0 Å². The highest BCUT2D eigenvalue weighted by molar-refractivity contribution is 6.30. The Kier molecular flexibility index (Phi) is 1.94. The van der Waals surface area contributed by atoms with E-state index in [1.807, 2.05) is 0 Å². The van der Waals surface area contributed by atoms with Crippen molar-refractivity contribution in [3.05, 3.63) is 23.0 Å². The molecule has 56 valence electrons. The van der Waals surface area contributed by atoms with E-state index in [0.717, 1.165) is 0 Å². The minimum absolute atomic E-state index is 0.106. The van der Waals surface area contributed by atoms with Crippen LogP contribution in [0.25, 0.3) is 0 Å². The fourth-order valence-electron chi connectivity index (χ4n) is 0.693. The molecule has 0 radical (unpaired) electrons. The minimum Gasteiger partial charge on any atom is -0.341 e. The number of nitrogens with zero attached hydrogens (tertiary/aromatic N) is 1. The molecule has 1 nitrogen and oxygen atoms in total. The minimum atomic E-state index is -2.48. The van der Waals surface area contributed by atoms with Gasteiger partial charge in [-0.3, -0.25) is 0 Å². The summed E-state index contributed by atoms with van der Waals surface area (Å²) in [6.07, 6.45) is -0.974. The van der Waals surface area contributed by atoms with E-state index in [4.69, 9.17) is 11.6 Å². The number of hydrogen-bond donors (Lipinski definition) is 0. The van der Waals surface area contributed by atoms with Crippen molar-refractivity contribution in [3.63, 3.8) is 0 Å². The molecule has 0 saturated heterocycles. The first-order chi connectivity index (χ1) is 4.63. The van der Waals surface area contributed by atoms with Crippen LogP contribution >= 0.6 is 11.6 Å². The van der Waals surface area contributed by atoms with Gasteiger partial charge in [0.15, 0.2) is 0 Å². The van der Waals surface area contributed by atoms with Gasteiger partial charge in [0, 0.05) is 13.2 Å². The van der Waals surface area contributed by atoms with Crippen LogP contribution in [0.4, 0.5) is 8.78 Å². The zero-order valence-corrected chi connectivity index (χ0v) is 6.07. The lowest BCUT2D eigenvalue weighted by molar-refractivity contribution is 0.151. The van der Waals surface area contributed by atoms with Crippen molar-refractivity contribution in [2.45, 2.75) is 6.43 Å². The molecular formula is C6H6ClF2N. The van der Waals surface area contributed by atoms with Crippen molar-refractivity contribution >= 4 is 11.6 Å². The second-order valence-electron chi connectivity index (χ2n) is 1.97. The molecule has 0 aliphatic carbocycles. The van der Waals surface area contributed by atoms with E-state index in [9.17, 15) is 8.78 Å². The summed E-state index contributed by atoms with van der Waals surface area (Å²) in [6.45, 7) is 0. The maximum Gasteiger partial charge on any atom is 0.266 e. The standard InChI is InChI=1S/C6H6ClF2N/c1-10-3-2-4(5(10)7)6(8)9/h2-3,6H,1H3. The van der Waals surface area contributed by atoms with Crippen molar-refractivity contribution in [3.8, 4) is 0 Å². The fourth-order valence-corrected chi connectivity index (χ4v) is 0.895. The summed E-state index contributed by atoms with van der Waals surface area (Å²) >= 11 is 5.49. The fraction of sp³-hybridized carbons (Fsp3) is 0.333. The normalized spacial score (nSPS) is 10.9. The van der Waals surface area contributed by atoms with E-state index in [2.05, 4.69) is 0 Å². The Morgan fingerprint density at radius 1 is 1.60 bits per heavy atom. The van der Waals surface area contributed by atoms with Crippen LogP contribution in [-0.2, 0) is 7.05 Å². The van der Waals surface area contributed by atoms with Gasteiger partial charge in [0.1, 0.15) is 5.15 Å². The van der Waals surface area contributed by atoms with Gasteiger partial charge in [-0.05, 0) is 6.07 Å². The Hall–Kier alpha value is -0.570. The van der Waals surface area contributed by atoms with Crippen molar-refractivity contribution < 1.29 is 8.78 Å². The summed E-state index contributed by atoms with van der Waals surface area (Å²) in [5.41, 5.74) is -0.107. The van der Waals surface area contributed by atoms with Gasteiger partial charge >= 0.3 is 0 Å². The summed E-state index contributed by atoms with van der Waals surface area (Å²) in [5, 5.41) is 0.106. The first-order valence-corrected chi connectivity index (χ1v) is 3.09. The predicted octanol–water partition coefficient (Wildman–Crippen LogP) is 2.62. The molecule has 0 spiro atoms. The van der Waals surface area contributed by atoms with Crippen LogP contribution in [-0.4, -0.2) is 4.57 Å². The highest BCUT2D eigenvalue weighted by atomic mass is 35.5. The highest BCUT2D eigenvalue weighted by Crippen LogP contribution is 2.26. The van der Waals surface area contributed by atoms with Gasteiger partial charge in [0.2, 0.25) is 0 Å². The lowest BCUT2D eigenvalue weighted by Crippen LogP contribution is -1.86. The molecule has 0 N–H and O–H groups in total. The molecule has 0 atom stereocenters. The van der Waals surface area contributed by atoms with E-state index >= 15 is 0 Å². The van der Waals surface area contributed by atoms with Gasteiger partial charge in [-0.15, -0.1) is 0 Å². The van der Waals surface area contributed by atoms with Crippen LogP contribution in [0.5, 0.6) is 0 Å². The first-order valence-electron chi connectivity index (χ1n) is 2.72. The van der Waals surface area contributed by atoms with Gasteiger partial charge in [-0.2, -0.15) is 0 Å². The van der Waals surface area contributed by atoms with Crippen LogP contribution < -0.4 is 0 Å². The van der Waals surface area contributed by atoms with Crippen LogP contribution in [0, 0.1) is 0 Å². The van der Waals surface area contributed by atoms with Gasteiger partial charge in [-0.25, -0.2) is 8.78 Å². The first kappa shape index (κ1) is 7.54. The molecule has 1 aromatic rings. The number of aromatic nitrogens is 1. The zero-order valence-electron chi connectivity index (χ0n) is 5.31. The molecule has 0 aliphatic heterocycles. The third-order valence-corrected chi connectivity index (χ3v) is 1.75. The maximum absolute atomic E-state index is 11.9. The Labute approximate surface area is 62.2 Å². The Morgan fingerprint density at radius 2 is 2.20 bits per heavy atom. The molecule has 0 unspecified atom stereocenters. The SMILES string of the molecule is Cn1ccc(C(F)F)c1Cl. The molecule has 1 aromatic heterocycles. The average Bonchev–Trinajstić information content (AvgIpc) is 2.14. The van der Waals surface area contributed by atoms with Crippen molar-refractivity contribution in [2.75, 3.05) is 0 Å². The molecule has 0 saturated carbocycles. The number of rotatable bonds is 1. The molecule has 1 rings (SSSR count). The van der Waals surface area contributed by atoms with Gasteiger partial charge in [0.25, 0.3) is 6.43 Å². The molecule has 4 heteroatoms. The summed E-state index contributed by atoms with van der Waals surface area (Å²) in [7, 11) is 1.62. The van der Waals surface area contributed by atoms with Gasteiger partial charge < -0.3 is 4.57 Å². The number of halogens is 3. The molecule has 10 heavy (non-hydrogen) atoms. The van der Waals surface area contributed by atoms with Crippen LogP contribution in [0.1, 0.15) is 12.0 Å². The molecule has 0 aromatic carbocycles. The quantitative estimate of drug-likeness (QED) is 0.603. The van der Waals surface area contributed by atoms with Crippen LogP contribution in [0.2, 0.25) is 5.15 Å². The van der Waals surface area contributed by atoms with E-state index in [1.54, 1.807) is 7.05 Å². The van der Waals surface area contributed by atoms with E-state index in [1.165, 1.54) is 16.8 Å².